The molecule has 0 aliphatic heterocycles. The second kappa shape index (κ2) is 5.01. The highest BCUT2D eigenvalue weighted by atomic mass is 19.1. The van der Waals surface area contributed by atoms with Crippen LogP contribution in [0.25, 0.3) is 0 Å². The van der Waals surface area contributed by atoms with Gasteiger partial charge in [0.1, 0.15) is 23.1 Å². The summed E-state index contributed by atoms with van der Waals surface area (Å²) in [6.45, 7) is 3.40. The highest BCUT2D eigenvalue weighted by Crippen LogP contribution is 2.21. The summed E-state index contributed by atoms with van der Waals surface area (Å²) >= 11 is 0. The number of hydrogen-bond donors (Lipinski definition) is 2. The summed E-state index contributed by atoms with van der Waals surface area (Å²) in [5.41, 5.74) is 6.78. The fourth-order valence-electron chi connectivity index (χ4n) is 1.47. The third kappa shape index (κ3) is 3.04. The molecule has 0 aliphatic carbocycles. The molecule has 0 atom stereocenters. The summed E-state index contributed by atoms with van der Waals surface area (Å²) in [6, 6.07) is 6.09. The highest BCUT2D eigenvalue weighted by Gasteiger charge is 2.08. The van der Waals surface area contributed by atoms with Gasteiger partial charge in [-0.25, -0.2) is 9.37 Å². The zero-order valence-electron chi connectivity index (χ0n) is 10.6. The Balaban J connectivity index is 2.32. The van der Waals surface area contributed by atoms with Crippen molar-refractivity contribution in [2.24, 2.45) is 5.73 Å². The van der Waals surface area contributed by atoms with E-state index in [1.54, 1.807) is 32.0 Å². The van der Waals surface area contributed by atoms with Crippen molar-refractivity contribution in [3.63, 3.8) is 0 Å². The van der Waals surface area contributed by atoms with Gasteiger partial charge in [-0.15, -0.1) is 0 Å². The summed E-state index contributed by atoms with van der Waals surface area (Å²) < 4.78 is 18.8. The number of nitrogens with two attached hydrogens (primary N) is 1. The number of nitrogens with one attached hydrogen (secondary N) is 1. The molecule has 0 saturated heterocycles. The number of aromatic nitrogens is 2. The Morgan fingerprint density at radius 1 is 1.26 bits per heavy atom. The lowest BCUT2D eigenvalue weighted by molar-refractivity contribution is 0.435. The number of halogens is 1. The molecule has 0 bridgehead atoms. The zero-order valence-corrected chi connectivity index (χ0v) is 10.6. The van der Waals surface area contributed by atoms with Crippen molar-refractivity contribution >= 4 is 5.84 Å². The zero-order chi connectivity index (χ0) is 14.0. The number of nitrogen functional groups attached to an aromatic ring is 1. The van der Waals surface area contributed by atoms with Gasteiger partial charge in [0.25, 0.3) is 0 Å². The first-order valence-electron chi connectivity index (χ1n) is 5.60. The molecule has 5 nitrogen and oxygen atoms in total. The molecule has 3 N–H and O–H groups in total. The number of hydrogen-bond acceptors (Lipinski definition) is 4. The maximum Gasteiger partial charge on any atom is 0.322 e. The number of nitrogens with zero attached hydrogens (tertiary/aromatic N) is 2. The first-order valence-corrected chi connectivity index (χ1v) is 5.60. The number of amidine groups is 1. The molecule has 1 aromatic carbocycles. The minimum atomic E-state index is -0.364. The lowest BCUT2D eigenvalue weighted by Crippen LogP contribution is -2.14. The van der Waals surface area contributed by atoms with Crippen molar-refractivity contribution in [1.82, 2.24) is 9.97 Å². The number of benzene rings is 1. The van der Waals surface area contributed by atoms with Gasteiger partial charge < -0.3 is 10.5 Å². The van der Waals surface area contributed by atoms with Crippen LogP contribution in [0.2, 0.25) is 0 Å². The second-order valence-electron chi connectivity index (χ2n) is 4.10. The van der Waals surface area contributed by atoms with Crippen molar-refractivity contribution in [3.8, 4) is 11.8 Å². The molecule has 0 spiro atoms. The van der Waals surface area contributed by atoms with Crippen LogP contribution in [0.3, 0.4) is 0 Å². The van der Waals surface area contributed by atoms with Gasteiger partial charge in [-0.1, -0.05) is 6.07 Å². The summed E-state index contributed by atoms with van der Waals surface area (Å²) in [4.78, 5) is 8.03. The summed E-state index contributed by atoms with van der Waals surface area (Å²) in [5, 5.41) is 7.34. The van der Waals surface area contributed by atoms with Crippen molar-refractivity contribution in [2.45, 2.75) is 13.8 Å². The van der Waals surface area contributed by atoms with E-state index in [2.05, 4.69) is 9.97 Å². The molecular weight excluding hydrogens is 247 g/mol. The van der Waals surface area contributed by atoms with E-state index in [0.29, 0.717) is 17.0 Å². The van der Waals surface area contributed by atoms with Crippen molar-refractivity contribution in [2.75, 3.05) is 0 Å². The fourth-order valence-corrected chi connectivity index (χ4v) is 1.47. The average molecular weight is 260 g/mol. The van der Waals surface area contributed by atoms with Gasteiger partial charge in [0, 0.05) is 11.8 Å². The second-order valence-corrected chi connectivity index (χ2v) is 4.10. The van der Waals surface area contributed by atoms with Gasteiger partial charge in [-0.3, -0.25) is 5.41 Å². The molecule has 0 fully saturated rings. The summed E-state index contributed by atoms with van der Waals surface area (Å²) in [7, 11) is 0. The van der Waals surface area contributed by atoms with E-state index in [1.807, 2.05) is 0 Å². The molecule has 0 amide bonds. The first-order chi connectivity index (χ1) is 8.95. The van der Waals surface area contributed by atoms with Gasteiger partial charge in [-0.05, 0) is 31.5 Å². The van der Waals surface area contributed by atoms with E-state index in [1.165, 1.54) is 6.07 Å². The smallest absolute Gasteiger partial charge is 0.322 e. The monoisotopic (exact) mass is 260 g/mol. The van der Waals surface area contributed by atoms with Crippen LogP contribution in [0.4, 0.5) is 4.39 Å². The average Bonchev–Trinajstić information content (AvgIpc) is 2.33. The van der Waals surface area contributed by atoms with Gasteiger partial charge in [0.15, 0.2) is 0 Å². The van der Waals surface area contributed by atoms with E-state index >= 15 is 0 Å². The summed E-state index contributed by atoms with van der Waals surface area (Å²) in [6.07, 6.45) is 0. The lowest BCUT2D eigenvalue weighted by Gasteiger charge is -2.07. The van der Waals surface area contributed by atoms with Crippen LogP contribution in [0.15, 0.2) is 24.3 Å². The molecule has 98 valence electrons. The molecule has 1 heterocycles. The van der Waals surface area contributed by atoms with Crippen molar-refractivity contribution in [1.29, 1.82) is 5.41 Å². The van der Waals surface area contributed by atoms with Crippen molar-refractivity contribution < 1.29 is 9.13 Å². The maximum absolute atomic E-state index is 13.4. The predicted molar refractivity (Wildman–Crippen MR) is 69.0 cm³/mol. The Bertz CT molecular complexity index is 643. The third-order valence-electron chi connectivity index (χ3n) is 2.46. The van der Waals surface area contributed by atoms with Crippen LogP contribution in [0, 0.1) is 25.1 Å². The van der Waals surface area contributed by atoms with Crippen LogP contribution in [-0.4, -0.2) is 15.8 Å². The van der Waals surface area contributed by atoms with Gasteiger partial charge >= 0.3 is 6.01 Å². The quantitative estimate of drug-likeness (QED) is 0.655. The normalized spacial score (nSPS) is 10.3. The molecule has 0 aliphatic rings. The van der Waals surface area contributed by atoms with Gasteiger partial charge in [-0.2, -0.15) is 4.98 Å². The topological polar surface area (TPSA) is 84.9 Å². The van der Waals surface area contributed by atoms with Crippen LogP contribution >= 0.6 is 0 Å². The first kappa shape index (κ1) is 12.9. The fraction of sp³-hybridized carbons (Fsp3) is 0.154. The van der Waals surface area contributed by atoms with Gasteiger partial charge in [0.05, 0.1) is 0 Å². The van der Waals surface area contributed by atoms with Crippen LogP contribution in [0.5, 0.6) is 11.8 Å². The number of ether oxygens (including phenoxy) is 1. The Morgan fingerprint density at radius 3 is 2.63 bits per heavy atom. The molecule has 6 heteroatoms. The highest BCUT2D eigenvalue weighted by molar-refractivity contribution is 5.93. The molecule has 2 rings (SSSR count). The number of rotatable bonds is 3. The van der Waals surface area contributed by atoms with Crippen LogP contribution < -0.4 is 10.5 Å². The molecular formula is C13H13FN4O. The minimum Gasteiger partial charge on any atom is -0.424 e. The molecule has 2 aromatic rings. The largest absolute Gasteiger partial charge is 0.424 e. The van der Waals surface area contributed by atoms with Crippen LogP contribution in [0.1, 0.15) is 17.0 Å². The Kier molecular flexibility index (Phi) is 3.41. The molecule has 0 saturated carbocycles. The Labute approximate surface area is 109 Å². The molecule has 0 unspecified atom stereocenters. The molecule has 0 radical (unpaired) electrons. The van der Waals surface area contributed by atoms with Crippen LogP contribution in [-0.2, 0) is 0 Å². The van der Waals surface area contributed by atoms with E-state index in [-0.39, 0.29) is 23.4 Å². The molecule has 1 aromatic heterocycles. The maximum atomic E-state index is 13.4. The Hall–Kier alpha value is -2.50. The van der Waals surface area contributed by atoms with E-state index in [9.17, 15) is 4.39 Å². The van der Waals surface area contributed by atoms with E-state index < -0.39 is 0 Å². The number of aryl methyl sites for hydroxylation is 2. The molecule has 19 heavy (non-hydrogen) atoms. The SMILES string of the molecule is Cc1cc(C(=N)N)nc(Oc2ccc(C)c(F)c2)n1. The van der Waals surface area contributed by atoms with E-state index in [0.717, 1.165) is 0 Å². The van der Waals surface area contributed by atoms with Crippen molar-refractivity contribution in [3.05, 3.63) is 47.0 Å². The van der Waals surface area contributed by atoms with E-state index in [4.69, 9.17) is 15.9 Å². The van der Waals surface area contributed by atoms with Gasteiger partial charge in [0.2, 0.25) is 0 Å². The lowest BCUT2D eigenvalue weighted by atomic mass is 10.2. The minimum absolute atomic E-state index is 0.0356. The summed E-state index contributed by atoms with van der Waals surface area (Å²) in [5.74, 6) is -0.245. The third-order valence-corrected chi connectivity index (χ3v) is 2.46. The predicted octanol–water partition coefficient (Wildman–Crippen LogP) is 2.31. The Morgan fingerprint density at radius 2 is 2.00 bits per heavy atom. The standard InChI is InChI=1S/C13H13FN4O/c1-7-3-4-9(6-10(7)14)19-13-17-8(2)5-11(18-13)12(15)16/h3-6H,1-2H3,(H3,15,16).